The van der Waals surface area contributed by atoms with Crippen LogP contribution in [0.5, 0.6) is 0 Å². The minimum Gasteiger partial charge on any atom is -0.313 e. The Morgan fingerprint density at radius 1 is 1.33 bits per heavy atom. The smallest absolute Gasteiger partial charge is 0.0624 e. The van der Waals surface area contributed by atoms with Gasteiger partial charge in [0.25, 0.3) is 0 Å². The van der Waals surface area contributed by atoms with Crippen LogP contribution in [0.25, 0.3) is 0 Å². The Labute approximate surface area is 124 Å². The molecule has 0 aromatic heterocycles. The van der Waals surface area contributed by atoms with Crippen LogP contribution in [0.2, 0.25) is 10.0 Å². The first-order valence-corrected chi connectivity index (χ1v) is 8.37. The lowest BCUT2D eigenvalue weighted by Gasteiger charge is -2.20. The lowest BCUT2D eigenvalue weighted by Crippen LogP contribution is -2.36. The number of benzene rings is 1. The van der Waals surface area contributed by atoms with E-state index >= 15 is 0 Å². The van der Waals surface area contributed by atoms with Crippen LogP contribution in [0.3, 0.4) is 0 Å². The highest BCUT2D eigenvalue weighted by Gasteiger charge is 2.27. The summed E-state index contributed by atoms with van der Waals surface area (Å²) in [6, 6.07) is 6.54. The molecule has 1 saturated heterocycles. The number of rotatable bonds is 5. The van der Waals surface area contributed by atoms with Gasteiger partial charge in [-0.3, -0.25) is 0 Å². The fraction of sp³-hybridized carbons (Fsp3) is 0.571. The first-order chi connectivity index (χ1) is 8.72. The molecule has 1 heterocycles. The Hall–Kier alpha value is 0.110. The molecule has 0 radical (unpaired) electrons. The number of nitrogens with one attached hydrogen (secondary N) is 1. The number of halogens is 2. The van der Waals surface area contributed by atoms with Crippen LogP contribution < -0.4 is 5.32 Å². The zero-order valence-corrected chi connectivity index (χ0v) is 12.9. The van der Waals surface area contributed by atoms with Crippen molar-refractivity contribution in [3.05, 3.63) is 33.8 Å². The number of hydrogen-bond donors (Lipinski definition) is 1. The second-order valence-corrected chi connectivity index (χ2v) is 6.64. The highest BCUT2D eigenvalue weighted by atomic mass is 35.5. The summed E-state index contributed by atoms with van der Waals surface area (Å²) in [4.78, 5) is 0. The monoisotopic (exact) mass is 303 g/mol. The summed E-state index contributed by atoms with van der Waals surface area (Å²) >= 11 is 14.4. The standard InChI is InChI=1S/C14H19Cl2NS/c1-2-6-17-13-9-18-8-11(13)7-10-4-3-5-12(15)14(10)16/h3-5,11,13,17H,2,6-9H2,1H3. The van der Waals surface area contributed by atoms with Gasteiger partial charge >= 0.3 is 0 Å². The van der Waals surface area contributed by atoms with Crippen LogP contribution >= 0.6 is 35.0 Å². The van der Waals surface area contributed by atoms with Crippen molar-refractivity contribution in [2.24, 2.45) is 5.92 Å². The molecular formula is C14H19Cl2NS. The van der Waals surface area contributed by atoms with Gasteiger partial charge < -0.3 is 5.32 Å². The summed E-state index contributed by atoms with van der Waals surface area (Å²) in [5, 5.41) is 5.03. The third-order valence-electron chi connectivity index (χ3n) is 3.37. The summed E-state index contributed by atoms with van der Waals surface area (Å²) in [6.07, 6.45) is 2.21. The molecule has 1 N–H and O–H groups in total. The van der Waals surface area contributed by atoms with E-state index in [1.807, 2.05) is 23.9 Å². The molecule has 2 atom stereocenters. The van der Waals surface area contributed by atoms with Crippen LogP contribution in [0.4, 0.5) is 0 Å². The van der Waals surface area contributed by atoms with E-state index < -0.39 is 0 Å². The van der Waals surface area contributed by atoms with E-state index in [0.29, 0.717) is 17.0 Å². The van der Waals surface area contributed by atoms with Gasteiger partial charge in [-0.15, -0.1) is 0 Å². The average molecular weight is 304 g/mol. The molecule has 2 rings (SSSR count). The molecule has 2 unspecified atom stereocenters. The van der Waals surface area contributed by atoms with Crippen molar-refractivity contribution in [2.45, 2.75) is 25.8 Å². The summed E-state index contributed by atoms with van der Waals surface area (Å²) in [5.74, 6) is 3.09. The van der Waals surface area contributed by atoms with Crippen molar-refractivity contribution in [2.75, 3.05) is 18.1 Å². The maximum Gasteiger partial charge on any atom is 0.0624 e. The molecule has 0 saturated carbocycles. The molecule has 0 aliphatic carbocycles. The van der Waals surface area contributed by atoms with Gasteiger partial charge in [0.1, 0.15) is 0 Å². The average Bonchev–Trinajstić information content (AvgIpc) is 2.80. The second kappa shape index (κ2) is 7.04. The molecule has 1 aromatic rings. The first kappa shape index (κ1) is 14.5. The molecule has 0 spiro atoms. The molecule has 1 aromatic carbocycles. The molecule has 4 heteroatoms. The van der Waals surface area contributed by atoms with Crippen molar-refractivity contribution in [1.82, 2.24) is 5.32 Å². The SMILES string of the molecule is CCCNC1CSCC1Cc1cccc(Cl)c1Cl. The van der Waals surface area contributed by atoms with Crippen LogP contribution in [-0.4, -0.2) is 24.1 Å². The molecule has 1 fully saturated rings. The maximum absolute atomic E-state index is 6.26. The third kappa shape index (κ3) is 3.57. The van der Waals surface area contributed by atoms with Gasteiger partial charge in [-0.2, -0.15) is 11.8 Å². The predicted octanol–water partition coefficient (Wildman–Crippen LogP) is 4.27. The van der Waals surface area contributed by atoms with Crippen molar-refractivity contribution in [3.63, 3.8) is 0 Å². The Bertz CT molecular complexity index is 397. The molecule has 1 nitrogen and oxygen atoms in total. The minimum absolute atomic E-state index is 0.616. The lowest BCUT2D eigenvalue weighted by atomic mass is 9.95. The van der Waals surface area contributed by atoms with Gasteiger partial charge in [0.15, 0.2) is 0 Å². The zero-order chi connectivity index (χ0) is 13.0. The van der Waals surface area contributed by atoms with Gasteiger partial charge in [-0.05, 0) is 42.7 Å². The fourth-order valence-corrected chi connectivity index (χ4v) is 4.17. The summed E-state index contributed by atoms with van der Waals surface area (Å²) in [6.45, 7) is 3.31. The quantitative estimate of drug-likeness (QED) is 0.872. The molecule has 0 amide bonds. The maximum atomic E-state index is 6.26. The van der Waals surface area contributed by atoms with E-state index in [1.54, 1.807) is 0 Å². The Balaban J connectivity index is 2.01. The van der Waals surface area contributed by atoms with E-state index in [9.17, 15) is 0 Å². The molecular weight excluding hydrogens is 285 g/mol. The summed E-state index contributed by atoms with van der Waals surface area (Å²) < 4.78 is 0. The summed E-state index contributed by atoms with van der Waals surface area (Å²) in [7, 11) is 0. The van der Waals surface area contributed by atoms with E-state index in [1.165, 1.54) is 23.5 Å². The van der Waals surface area contributed by atoms with Gasteiger partial charge in [0.05, 0.1) is 10.0 Å². The zero-order valence-electron chi connectivity index (χ0n) is 10.6. The van der Waals surface area contributed by atoms with Gasteiger partial charge in [-0.1, -0.05) is 42.3 Å². The Kier molecular flexibility index (Phi) is 5.68. The van der Waals surface area contributed by atoms with Crippen LogP contribution in [0.15, 0.2) is 18.2 Å². The summed E-state index contributed by atoms with van der Waals surface area (Å²) in [5.41, 5.74) is 1.18. The first-order valence-electron chi connectivity index (χ1n) is 6.46. The molecule has 1 aliphatic rings. The van der Waals surface area contributed by atoms with E-state index in [0.717, 1.165) is 18.0 Å². The number of thioether (sulfide) groups is 1. The predicted molar refractivity (Wildman–Crippen MR) is 83.1 cm³/mol. The molecule has 18 heavy (non-hydrogen) atoms. The van der Waals surface area contributed by atoms with Crippen molar-refractivity contribution < 1.29 is 0 Å². The van der Waals surface area contributed by atoms with Crippen molar-refractivity contribution >= 4 is 35.0 Å². The van der Waals surface area contributed by atoms with Gasteiger partial charge in [0.2, 0.25) is 0 Å². The highest BCUT2D eigenvalue weighted by Crippen LogP contribution is 2.32. The van der Waals surface area contributed by atoms with E-state index in [4.69, 9.17) is 23.2 Å². The number of hydrogen-bond acceptors (Lipinski definition) is 2. The Morgan fingerprint density at radius 2 is 2.17 bits per heavy atom. The van der Waals surface area contributed by atoms with Crippen LogP contribution in [-0.2, 0) is 6.42 Å². The van der Waals surface area contributed by atoms with Crippen LogP contribution in [0.1, 0.15) is 18.9 Å². The fourth-order valence-electron chi connectivity index (χ4n) is 2.34. The second-order valence-electron chi connectivity index (χ2n) is 4.78. The molecule has 100 valence electrons. The minimum atomic E-state index is 0.616. The van der Waals surface area contributed by atoms with Crippen LogP contribution in [0, 0.1) is 5.92 Å². The van der Waals surface area contributed by atoms with Crippen molar-refractivity contribution in [1.29, 1.82) is 0 Å². The van der Waals surface area contributed by atoms with Crippen molar-refractivity contribution in [3.8, 4) is 0 Å². The van der Waals surface area contributed by atoms with E-state index in [-0.39, 0.29) is 0 Å². The van der Waals surface area contributed by atoms with E-state index in [2.05, 4.69) is 18.3 Å². The molecule has 0 bridgehead atoms. The Morgan fingerprint density at radius 3 is 2.94 bits per heavy atom. The third-order valence-corrected chi connectivity index (χ3v) is 5.49. The largest absolute Gasteiger partial charge is 0.313 e. The lowest BCUT2D eigenvalue weighted by molar-refractivity contribution is 0.425. The normalized spacial score (nSPS) is 23.5. The topological polar surface area (TPSA) is 12.0 Å². The van der Waals surface area contributed by atoms with Gasteiger partial charge in [0, 0.05) is 11.8 Å². The van der Waals surface area contributed by atoms with Gasteiger partial charge in [-0.25, -0.2) is 0 Å². The molecule has 1 aliphatic heterocycles. The highest BCUT2D eigenvalue weighted by molar-refractivity contribution is 7.99.